The highest BCUT2D eigenvalue weighted by Crippen LogP contribution is 2.43. The molecule has 0 fully saturated rings. The minimum Gasteiger partial charge on any atom is -0.456 e. The monoisotopic (exact) mass is 717 g/mol. The molecule has 0 atom stereocenters. The number of para-hydroxylation sites is 5. The van der Waals surface area contributed by atoms with E-state index in [1.807, 2.05) is 47.1 Å². The summed E-state index contributed by atoms with van der Waals surface area (Å²) in [5.74, 6) is 1.48. The highest BCUT2D eigenvalue weighted by Gasteiger charge is 2.23. The van der Waals surface area contributed by atoms with E-state index in [-0.39, 0.29) is 0 Å². The Bertz CT molecular complexity index is 3480. The lowest BCUT2D eigenvalue weighted by Gasteiger charge is -2.17. The molecule has 6 nitrogen and oxygen atoms in total. The Morgan fingerprint density at radius 3 is 1.77 bits per heavy atom. The molecule has 6 heteroatoms. The summed E-state index contributed by atoms with van der Waals surface area (Å²) >= 11 is 0. The van der Waals surface area contributed by atoms with Crippen LogP contribution >= 0.6 is 0 Å². The van der Waals surface area contributed by atoms with Crippen LogP contribution in [0.1, 0.15) is 0 Å². The lowest BCUT2D eigenvalue weighted by atomic mass is 10.1. The summed E-state index contributed by atoms with van der Waals surface area (Å²) in [7, 11) is 0. The number of nitrogens with zero attached hydrogens (tertiary/aromatic N) is 5. The summed E-state index contributed by atoms with van der Waals surface area (Å²) in [4.78, 5) is 5.09. The predicted octanol–water partition coefficient (Wildman–Crippen LogP) is 12.7. The van der Waals surface area contributed by atoms with Crippen molar-refractivity contribution < 1.29 is 4.42 Å². The molecule has 0 aliphatic carbocycles. The van der Waals surface area contributed by atoms with E-state index in [2.05, 4.69) is 155 Å². The van der Waals surface area contributed by atoms with Gasteiger partial charge < -0.3 is 13.6 Å². The molecule has 0 aliphatic rings. The molecule has 0 saturated heterocycles. The van der Waals surface area contributed by atoms with Crippen molar-refractivity contribution in [2.24, 2.45) is 0 Å². The zero-order chi connectivity index (χ0) is 36.7. The fourth-order valence-electron chi connectivity index (χ4n) is 8.69. The summed E-state index contributed by atoms with van der Waals surface area (Å²) in [5.41, 5.74) is 11.4. The van der Waals surface area contributed by atoms with E-state index < -0.39 is 0 Å². The summed E-state index contributed by atoms with van der Waals surface area (Å²) < 4.78 is 13.3. The van der Waals surface area contributed by atoms with E-state index in [0.717, 1.165) is 88.8 Å². The van der Waals surface area contributed by atoms with E-state index in [4.69, 9.17) is 14.5 Å². The first-order valence-electron chi connectivity index (χ1n) is 18.8. The molecule has 0 saturated carbocycles. The Kier molecular flexibility index (Phi) is 6.53. The number of hydrogen-bond acceptors (Lipinski definition) is 3. The Morgan fingerprint density at radius 2 is 1.00 bits per heavy atom. The zero-order valence-corrected chi connectivity index (χ0v) is 30.0. The Hall–Kier alpha value is -7.70. The van der Waals surface area contributed by atoms with Gasteiger partial charge >= 0.3 is 0 Å². The van der Waals surface area contributed by atoms with Gasteiger partial charge in [-0.3, -0.25) is 0 Å². The first-order valence-corrected chi connectivity index (χ1v) is 18.8. The van der Waals surface area contributed by atoms with E-state index in [9.17, 15) is 0 Å². The number of hydrogen-bond donors (Lipinski definition) is 0. The average Bonchev–Trinajstić information content (AvgIpc) is 4.04. The first kappa shape index (κ1) is 30.7. The van der Waals surface area contributed by atoms with Crippen molar-refractivity contribution in [1.82, 2.24) is 23.9 Å². The van der Waals surface area contributed by atoms with Crippen LogP contribution in [-0.2, 0) is 0 Å². The van der Waals surface area contributed by atoms with Crippen molar-refractivity contribution >= 4 is 65.6 Å². The van der Waals surface area contributed by atoms with Gasteiger partial charge in [-0.25, -0.2) is 9.67 Å². The summed E-state index contributed by atoms with van der Waals surface area (Å²) in [6, 6.07) is 65.9. The van der Waals surface area contributed by atoms with Gasteiger partial charge in [-0.05, 0) is 60.7 Å². The molecule has 0 amide bonds. The third kappa shape index (κ3) is 4.44. The van der Waals surface area contributed by atoms with Crippen molar-refractivity contribution in [2.45, 2.75) is 0 Å². The molecular formula is C50H31N5O. The van der Waals surface area contributed by atoms with Crippen LogP contribution in [0.5, 0.6) is 0 Å². The molecule has 262 valence electrons. The molecule has 4 heterocycles. The minimum absolute atomic E-state index is 0.687. The third-order valence-electron chi connectivity index (χ3n) is 11.1. The summed E-state index contributed by atoms with van der Waals surface area (Å²) in [5, 5.41) is 12.0. The van der Waals surface area contributed by atoms with Gasteiger partial charge in [-0.15, -0.1) is 5.10 Å². The van der Waals surface area contributed by atoms with E-state index >= 15 is 0 Å². The highest BCUT2D eigenvalue weighted by atomic mass is 16.3. The lowest BCUT2D eigenvalue weighted by Crippen LogP contribution is -2.03. The Morgan fingerprint density at radius 1 is 0.411 bits per heavy atom. The van der Waals surface area contributed by atoms with Crippen LogP contribution in [0.4, 0.5) is 0 Å². The fraction of sp³-hybridized carbons (Fsp3) is 0. The second kappa shape index (κ2) is 11.9. The average molecular weight is 718 g/mol. The van der Waals surface area contributed by atoms with Gasteiger partial charge in [0.2, 0.25) is 0 Å². The second-order valence-electron chi connectivity index (χ2n) is 14.2. The first-order chi connectivity index (χ1) is 27.8. The van der Waals surface area contributed by atoms with Gasteiger partial charge in [0, 0.05) is 38.1 Å². The number of fused-ring (bicyclic) bond motifs is 10. The smallest absolute Gasteiger partial charge is 0.182 e. The van der Waals surface area contributed by atoms with Crippen molar-refractivity contribution in [2.75, 3.05) is 0 Å². The molecule has 0 spiro atoms. The second-order valence-corrected chi connectivity index (χ2v) is 14.2. The molecule has 8 aromatic carbocycles. The summed E-state index contributed by atoms with van der Waals surface area (Å²) in [6.45, 7) is 0. The van der Waals surface area contributed by atoms with Crippen molar-refractivity contribution in [3.05, 3.63) is 188 Å². The quantitative estimate of drug-likeness (QED) is 0.178. The molecule has 12 aromatic rings. The number of aromatic nitrogens is 5. The molecule has 0 N–H and O–H groups in total. The lowest BCUT2D eigenvalue weighted by molar-refractivity contribution is 0.669. The van der Waals surface area contributed by atoms with Crippen LogP contribution in [0.15, 0.2) is 192 Å². The molecule has 0 unspecified atom stereocenters. The minimum atomic E-state index is 0.687. The van der Waals surface area contributed by atoms with Gasteiger partial charge in [-0.2, -0.15) is 0 Å². The van der Waals surface area contributed by atoms with Gasteiger partial charge in [-0.1, -0.05) is 127 Å². The fourth-order valence-corrected chi connectivity index (χ4v) is 8.69. The van der Waals surface area contributed by atoms with Gasteiger partial charge in [0.05, 0.1) is 44.5 Å². The van der Waals surface area contributed by atoms with Crippen molar-refractivity contribution in [3.63, 3.8) is 0 Å². The highest BCUT2D eigenvalue weighted by molar-refractivity contribution is 6.24. The maximum atomic E-state index is 6.45. The van der Waals surface area contributed by atoms with Crippen LogP contribution in [0, 0.1) is 0 Å². The Labute approximate surface area is 320 Å². The van der Waals surface area contributed by atoms with Crippen LogP contribution < -0.4 is 0 Å². The SMILES string of the molecule is c1ccc(-c2nc(-c3ccccc3)n(-c3ccc4c(c3)c3ccccc3n4-c3ccccc3-n3c4ccccc4c4ccc5oc6ccccc6c5c43)n2)cc1. The van der Waals surface area contributed by atoms with E-state index in [1.54, 1.807) is 0 Å². The third-order valence-corrected chi connectivity index (χ3v) is 11.1. The van der Waals surface area contributed by atoms with Gasteiger partial charge in [0.1, 0.15) is 11.2 Å². The molecule has 56 heavy (non-hydrogen) atoms. The maximum Gasteiger partial charge on any atom is 0.182 e. The molecular weight excluding hydrogens is 687 g/mol. The van der Waals surface area contributed by atoms with Crippen LogP contribution in [0.3, 0.4) is 0 Å². The van der Waals surface area contributed by atoms with Crippen LogP contribution in [0.2, 0.25) is 0 Å². The van der Waals surface area contributed by atoms with E-state index in [0.29, 0.717) is 5.82 Å². The number of furan rings is 1. The number of benzene rings is 8. The zero-order valence-electron chi connectivity index (χ0n) is 30.0. The molecule has 0 bridgehead atoms. The van der Waals surface area contributed by atoms with Crippen LogP contribution in [-0.4, -0.2) is 23.9 Å². The number of rotatable bonds is 5. The largest absolute Gasteiger partial charge is 0.456 e. The Balaban J connectivity index is 1.13. The van der Waals surface area contributed by atoms with Gasteiger partial charge in [0.15, 0.2) is 11.6 Å². The molecule has 0 aliphatic heterocycles. The maximum absolute atomic E-state index is 6.45. The van der Waals surface area contributed by atoms with Crippen LogP contribution in [0.25, 0.3) is 105 Å². The standard InChI is InChI=1S/C50H31N5O/c1-3-15-32(16-4-1)49-51-50(33-17-5-2-6-18-33)55(52-49)34-27-29-42-39(31-34)36-20-8-10-22-40(36)53(42)43-24-12-13-25-44(43)54-41-23-11-7-19-35(41)37-28-30-46-47(48(37)54)38-21-9-14-26-45(38)56-46/h1-31H. The summed E-state index contributed by atoms with van der Waals surface area (Å²) in [6.07, 6.45) is 0. The normalized spacial score (nSPS) is 11.9. The van der Waals surface area contributed by atoms with Gasteiger partial charge in [0.25, 0.3) is 0 Å². The van der Waals surface area contributed by atoms with Crippen molar-refractivity contribution in [3.8, 4) is 39.8 Å². The molecule has 4 aromatic heterocycles. The predicted molar refractivity (Wildman–Crippen MR) is 228 cm³/mol. The van der Waals surface area contributed by atoms with E-state index in [1.165, 1.54) is 10.8 Å². The molecule has 12 rings (SSSR count). The molecule has 0 radical (unpaired) electrons. The topological polar surface area (TPSA) is 53.7 Å². The van der Waals surface area contributed by atoms with Crippen molar-refractivity contribution in [1.29, 1.82) is 0 Å².